The highest BCUT2D eigenvalue weighted by atomic mass is 16.7. The number of methoxy groups -OCH3 is 1. The number of hydrogen-bond acceptors (Lipinski definition) is 8. The summed E-state index contributed by atoms with van der Waals surface area (Å²) in [6, 6.07) is 11.1. The Morgan fingerprint density at radius 2 is 1.97 bits per heavy atom. The van der Waals surface area contributed by atoms with Crippen LogP contribution >= 0.6 is 0 Å². The zero-order valence-electron chi connectivity index (χ0n) is 20.3. The predicted octanol–water partition coefficient (Wildman–Crippen LogP) is 2.19. The number of carbonyl (C=O) groups is 2. The van der Waals surface area contributed by atoms with E-state index in [1.165, 1.54) is 16.8 Å². The van der Waals surface area contributed by atoms with E-state index in [1.54, 1.807) is 37.9 Å². The molecule has 0 spiro atoms. The minimum Gasteiger partial charge on any atom is -0.484 e. The van der Waals surface area contributed by atoms with Gasteiger partial charge in [0.1, 0.15) is 17.6 Å². The first-order valence-electron chi connectivity index (χ1n) is 11.3. The molecule has 1 fully saturated rings. The molecule has 0 bridgehead atoms. The third-order valence-corrected chi connectivity index (χ3v) is 5.27. The van der Waals surface area contributed by atoms with E-state index in [0.717, 1.165) is 5.56 Å². The molecule has 0 radical (unpaired) electrons. The second kappa shape index (κ2) is 10.4. The molecule has 2 aromatic rings. The summed E-state index contributed by atoms with van der Waals surface area (Å²) in [4.78, 5) is 33.8. The van der Waals surface area contributed by atoms with E-state index >= 15 is 0 Å². The number of fused-ring (bicyclic) bond motifs is 2. The summed E-state index contributed by atoms with van der Waals surface area (Å²) in [5.41, 5.74) is 0.290. The second-order valence-corrected chi connectivity index (χ2v) is 9.00. The van der Waals surface area contributed by atoms with Crippen molar-refractivity contribution in [2.45, 2.75) is 39.1 Å². The summed E-state index contributed by atoms with van der Waals surface area (Å²) in [5.74, 6) is -0.138. The normalized spacial score (nSPS) is 18.1. The van der Waals surface area contributed by atoms with Crippen molar-refractivity contribution in [3.05, 3.63) is 59.2 Å². The van der Waals surface area contributed by atoms with Gasteiger partial charge in [-0.15, -0.1) is 0 Å². The molecule has 11 nitrogen and oxygen atoms in total. The Morgan fingerprint density at radius 3 is 2.69 bits per heavy atom. The summed E-state index contributed by atoms with van der Waals surface area (Å²) in [6.07, 6.45) is 0.275. The van der Waals surface area contributed by atoms with Crippen LogP contribution in [0.15, 0.2) is 47.8 Å². The smallest absolute Gasteiger partial charge is 0.431 e. The van der Waals surface area contributed by atoms with Gasteiger partial charge in [-0.3, -0.25) is 4.79 Å². The molecule has 0 saturated carbocycles. The Balaban J connectivity index is 1.83. The topological polar surface area (TPSA) is 104 Å². The van der Waals surface area contributed by atoms with Crippen molar-refractivity contribution in [1.82, 2.24) is 9.58 Å². The molecule has 1 saturated heterocycles. The molecular formula is C24H30N4O7. The highest BCUT2D eigenvalue weighted by Crippen LogP contribution is 2.28. The highest BCUT2D eigenvalue weighted by molar-refractivity contribution is 5.98. The lowest BCUT2D eigenvalue weighted by Crippen LogP contribution is -2.67. The Kier molecular flexibility index (Phi) is 7.27. The van der Waals surface area contributed by atoms with E-state index < -0.39 is 17.9 Å². The summed E-state index contributed by atoms with van der Waals surface area (Å²) < 4.78 is 23.8. The molecule has 35 heavy (non-hydrogen) atoms. The molecule has 0 unspecified atom stereocenters. The van der Waals surface area contributed by atoms with Crippen molar-refractivity contribution in [3.8, 4) is 5.75 Å². The number of morpholine rings is 1. The number of benzene rings is 1. The molecule has 11 heteroatoms. The first-order valence-corrected chi connectivity index (χ1v) is 11.3. The monoisotopic (exact) mass is 486 g/mol. The van der Waals surface area contributed by atoms with Gasteiger partial charge in [0.15, 0.2) is 17.6 Å². The van der Waals surface area contributed by atoms with Gasteiger partial charge >= 0.3 is 6.09 Å². The Labute approximate surface area is 203 Å². The van der Waals surface area contributed by atoms with Gasteiger partial charge in [-0.2, -0.15) is 5.01 Å². The predicted molar refractivity (Wildman–Crippen MR) is 124 cm³/mol. The first-order chi connectivity index (χ1) is 16.8. The summed E-state index contributed by atoms with van der Waals surface area (Å²) >= 11 is 0. The van der Waals surface area contributed by atoms with Crippen LogP contribution < -0.4 is 15.1 Å². The van der Waals surface area contributed by atoms with Gasteiger partial charge in [0.05, 0.1) is 13.2 Å². The number of pyridine rings is 1. The molecule has 1 aromatic carbocycles. The van der Waals surface area contributed by atoms with Crippen LogP contribution in [0.2, 0.25) is 0 Å². The average Bonchev–Trinajstić information content (AvgIpc) is 2.83. The number of nitrogens with zero attached hydrogens (tertiary/aromatic N) is 4. The van der Waals surface area contributed by atoms with Crippen LogP contribution in [0.25, 0.3) is 0 Å². The molecule has 2 amide bonds. The Hall–Kier alpha value is -3.57. The molecule has 1 atom stereocenters. The molecule has 0 aliphatic carbocycles. The zero-order chi connectivity index (χ0) is 25.0. The van der Waals surface area contributed by atoms with Crippen LogP contribution in [-0.2, 0) is 25.7 Å². The quantitative estimate of drug-likeness (QED) is 0.350. The molecule has 0 N–H and O–H groups in total. The van der Waals surface area contributed by atoms with Crippen molar-refractivity contribution in [2.24, 2.45) is 5.16 Å². The van der Waals surface area contributed by atoms with Crippen molar-refractivity contribution < 1.29 is 33.4 Å². The molecule has 1 aromatic heterocycles. The van der Waals surface area contributed by atoms with Crippen LogP contribution in [0.5, 0.6) is 5.75 Å². The summed E-state index contributed by atoms with van der Waals surface area (Å²) in [5, 5.41) is 5.75. The van der Waals surface area contributed by atoms with Gasteiger partial charge in [-0.1, -0.05) is 35.5 Å². The number of carbonyl (C=O) groups excluding carboxylic acids is 2. The lowest BCUT2D eigenvalue weighted by Gasteiger charge is -2.47. The maximum atomic E-state index is 13.7. The fourth-order valence-corrected chi connectivity index (χ4v) is 3.81. The van der Waals surface area contributed by atoms with Gasteiger partial charge in [0.25, 0.3) is 5.91 Å². The van der Waals surface area contributed by atoms with Gasteiger partial charge in [0, 0.05) is 19.9 Å². The van der Waals surface area contributed by atoms with Crippen LogP contribution in [0.1, 0.15) is 36.8 Å². The standard InChI is InChI=1S/C24H30N4O7/c1-24(2,3)35-23(30)28-19-15-32-13-12-26(19)22(29)20-21(33-14-17-8-6-5-7-9-17)18(10-11-27(20)28)25-34-16-31-4/h5-11,19H,12-16H2,1-4H3/b25-18+/t19-/m1/s1. The van der Waals surface area contributed by atoms with Crippen molar-refractivity contribution >= 4 is 12.0 Å². The van der Waals surface area contributed by atoms with E-state index in [2.05, 4.69) is 5.16 Å². The Morgan fingerprint density at radius 1 is 1.20 bits per heavy atom. The van der Waals surface area contributed by atoms with Crippen LogP contribution in [0.3, 0.4) is 0 Å². The minimum absolute atomic E-state index is 0.0775. The van der Waals surface area contributed by atoms with Gasteiger partial charge in [0.2, 0.25) is 6.79 Å². The number of aromatic nitrogens is 1. The van der Waals surface area contributed by atoms with Gasteiger partial charge in [-0.05, 0) is 32.4 Å². The van der Waals surface area contributed by atoms with Crippen LogP contribution in [-0.4, -0.2) is 67.0 Å². The highest BCUT2D eigenvalue weighted by Gasteiger charge is 2.45. The lowest BCUT2D eigenvalue weighted by atomic mass is 10.2. The number of amides is 2. The van der Waals surface area contributed by atoms with Crippen molar-refractivity contribution in [1.29, 1.82) is 0 Å². The zero-order valence-corrected chi connectivity index (χ0v) is 20.3. The number of hydrogen-bond donors (Lipinski definition) is 0. The van der Waals surface area contributed by atoms with E-state index in [0.29, 0.717) is 13.2 Å². The fraction of sp³-hybridized carbons (Fsp3) is 0.458. The van der Waals surface area contributed by atoms with Crippen LogP contribution in [0.4, 0.5) is 4.79 Å². The minimum atomic E-state index is -0.741. The van der Waals surface area contributed by atoms with Gasteiger partial charge < -0.3 is 28.7 Å². The maximum Gasteiger partial charge on any atom is 0.431 e. The summed E-state index contributed by atoms with van der Waals surface area (Å²) in [7, 11) is 1.48. The number of ether oxygens (including phenoxy) is 4. The van der Waals surface area contributed by atoms with Crippen LogP contribution in [0, 0.1) is 0 Å². The molecule has 188 valence electrons. The van der Waals surface area contributed by atoms with E-state index in [4.69, 9.17) is 23.8 Å². The molecule has 4 rings (SSSR count). The molecule has 3 heterocycles. The van der Waals surface area contributed by atoms with E-state index in [1.807, 2.05) is 30.3 Å². The largest absolute Gasteiger partial charge is 0.484 e. The molecule has 2 aliphatic rings. The maximum absolute atomic E-state index is 13.7. The third kappa shape index (κ3) is 5.41. The van der Waals surface area contributed by atoms with Gasteiger partial charge in [-0.25, -0.2) is 9.47 Å². The van der Waals surface area contributed by atoms with E-state index in [-0.39, 0.29) is 42.7 Å². The van der Waals surface area contributed by atoms with Crippen molar-refractivity contribution in [2.75, 3.05) is 38.7 Å². The Bertz CT molecular complexity index is 1130. The fourth-order valence-electron chi connectivity index (χ4n) is 3.81. The number of rotatable bonds is 6. The molecular weight excluding hydrogens is 456 g/mol. The lowest BCUT2D eigenvalue weighted by molar-refractivity contribution is -0.0336. The van der Waals surface area contributed by atoms with Crippen molar-refractivity contribution in [3.63, 3.8) is 0 Å². The SMILES string of the molecule is COCO/N=c1\ccn2c(c1OCc1ccccc1)C(=O)N1CCOC[C@H]1N2C(=O)OC(C)(C)C. The summed E-state index contributed by atoms with van der Waals surface area (Å²) in [6.45, 7) is 6.26. The first kappa shape index (κ1) is 24.6. The molecule has 2 aliphatic heterocycles. The third-order valence-electron chi connectivity index (χ3n) is 5.27. The average molecular weight is 487 g/mol. The second-order valence-electron chi connectivity index (χ2n) is 9.00. The van der Waals surface area contributed by atoms with E-state index in [9.17, 15) is 9.59 Å².